The Hall–Kier alpha value is -3.70. The van der Waals surface area contributed by atoms with Gasteiger partial charge in [-0.25, -0.2) is 0 Å². The molecule has 2 aliphatic carbocycles. The standard InChI is InChI=1S/C28H39N5O7/c1-28(2,3)23(32-22(35)15-30-26(38)21-9-6-12-40-21)27(39)33-18-8-5-4-7-16(18)13-19(33)24(36)29-14-20(34)25(37)31-17-10-11-17/h6,9,12,16-19,23H,4-5,7-8,10-11,13-15H2,1-3H3,(H,29,36)(H,30,38)(H,31,37)(H,32,35)/t16?,18?,19-,23+/m0/s1. The molecule has 2 heterocycles. The van der Waals surface area contributed by atoms with Crippen LogP contribution in [0.25, 0.3) is 0 Å². The van der Waals surface area contributed by atoms with Gasteiger partial charge >= 0.3 is 0 Å². The molecule has 1 saturated heterocycles. The molecule has 12 heteroatoms. The Balaban J connectivity index is 1.44. The maximum atomic E-state index is 14.1. The summed E-state index contributed by atoms with van der Waals surface area (Å²) in [5, 5.41) is 10.4. The van der Waals surface area contributed by atoms with Gasteiger partial charge < -0.3 is 30.6 Å². The molecule has 2 saturated carbocycles. The van der Waals surface area contributed by atoms with Crippen LogP contribution >= 0.6 is 0 Å². The van der Waals surface area contributed by atoms with Crippen LogP contribution in [0.1, 0.15) is 76.3 Å². The minimum absolute atomic E-state index is 0.0289. The second kappa shape index (κ2) is 12.2. The lowest BCUT2D eigenvalue weighted by molar-refractivity contribution is -0.146. The first-order valence-electron chi connectivity index (χ1n) is 14.0. The van der Waals surface area contributed by atoms with Crippen molar-refractivity contribution in [2.24, 2.45) is 11.3 Å². The zero-order chi connectivity index (χ0) is 29.0. The maximum absolute atomic E-state index is 14.1. The first-order chi connectivity index (χ1) is 19.0. The zero-order valence-corrected chi connectivity index (χ0v) is 23.3. The van der Waals surface area contributed by atoms with E-state index in [9.17, 15) is 28.8 Å². The van der Waals surface area contributed by atoms with Gasteiger partial charge in [0.15, 0.2) is 5.76 Å². The Morgan fingerprint density at radius 2 is 1.73 bits per heavy atom. The fraction of sp³-hybridized carbons (Fsp3) is 0.643. The second-order valence-corrected chi connectivity index (χ2v) is 12.0. The van der Waals surface area contributed by atoms with Crippen LogP contribution in [0.15, 0.2) is 22.8 Å². The number of amides is 5. The predicted octanol–water partition coefficient (Wildman–Crippen LogP) is 0.664. The van der Waals surface area contributed by atoms with Gasteiger partial charge in [0.05, 0.1) is 19.4 Å². The van der Waals surface area contributed by atoms with Gasteiger partial charge in [0, 0.05) is 12.1 Å². The molecule has 3 aliphatic rings. The number of fused-ring (bicyclic) bond motifs is 1. The number of rotatable bonds is 10. The summed E-state index contributed by atoms with van der Waals surface area (Å²) in [6.45, 7) is 4.65. The van der Waals surface area contributed by atoms with E-state index in [-0.39, 0.29) is 36.2 Å². The highest BCUT2D eigenvalue weighted by molar-refractivity contribution is 6.37. The van der Waals surface area contributed by atoms with Crippen molar-refractivity contribution in [2.45, 2.75) is 89.9 Å². The van der Waals surface area contributed by atoms with Crippen molar-refractivity contribution in [1.29, 1.82) is 0 Å². The Morgan fingerprint density at radius 1 is 1.00 bits per heavy atom. The minimum atomic E-state index is -0.970. The van der Waals surface area contributed by atoms with Gasteiger partial charge in [-0.15, -0.1) is 0 Å². The number of Topliss-reactive ketones (excluding diaryl/α,β-unsaturated/α-hetero) is 1. The number of hydrogen-bond donors (Lipinski definition) is 4. The zero-order valence-electron chi connectivity index (χ0n) is 23.3. The van der Waals surface area contributed by atoms with Crippen LogP contribution in [0.2, 0.25) is 0 Å². The quantitative estimate of drug-likeness (QED) is 0.307. The molecule has 1 aromatic heterocycles. The maximum Gasteiger partial charge on any atom is 0.289 e. The minimum Gasteiger partial charge on any atom is -0.459 e. The van der Waals surface area contributed by atoms with E-state index in [1.807, 2.05) is 20.8 Å². The molecule has 40 heavy (non-hydrogen) atoms. The van der Waals surface area contributed by atoms with E-state index in [1.165, 1.54) is 12.3 Å². The highest BCUT2D eigenvalue weighted by Gasteiger charge is 2.50. The van der Waals surface area contributed by atoms with E-state index in [1.54, 1.807) is 11.0 Å². The first kappa shape index (κ1) is 29.3. The second-order valence-electron chi connectivity index (χ2n) is 12.0. The van der Waals surface area contributed by atoms with E-state index in [2.05, 4.69) is 21.3 Å². The van der Waals surface area contributed by atoms with E-state index >= 15 is 0 Å². The Bertz CT molecular complexity index is 1140. The van der Waals surface area contributed by atoms with Gasteiger partial charge in [-0.1, -0.05) is 33.6 Å². The molecule has 1 aliphatic heterocycles. The topological polar surface area (TPSA) is 167 Å². The molecule has 0 aromatic carbocycles. The molecular weight excluding hydrogens is 518 g/mol. The molecule has 1 aromatic rings. The third kappa shape index (κ3) is 7.08. The van der Waals surface area contributed by atoms with Gasteiger partial charge in [0.1, 0.15) is 12.1 Å². The van der Waals surface area contributed by atoms with Gasteiger partial charge in [-0.2, -0.15) is 0 Å². The average molecular weight is 558 g/mol. The highest BCUT2D eigenvalue weighted by Crippen LogP contribution is 2.41. The van der Waals surface area contributed by atoms with Crippen LogP contribution in [0.5, 0.6) is 0 Å². The first-order valence-corrected chi connectivity index (χ1v) is 14.0. The van der Waals surface area contributed by atoms with Crippen molar-refractivity contribution < 1.29 is 33.2 Å². The van der Waals surface area contributed by atoms with Gasteiger partial charge in [-0.3, -0.25) is 28.8 Å². The third-order valence-corrected chi connectivity index (χ3v) is 7.81. The number of ketones is 1. The fourth-order valence-corrected chi connectivity index (χ4v) is 5.54. The van der Waals surface area contributed by atoms with E-state index in [4.69, 9.17) is 4.42 Å². The lowest BCUT2D eigenvalue weighted by atomic mass is 9.83. The Kier molecular flexibility index (Phi) is 8.95. The average Bonchev–Trinajstić information content (AvgIpc) is 3.39. The van der Waals surface area contributed by atoms with E-state index in [0.717, 1.165) is 38.5 Å². The summed E-state index contributed by atoms with van der Waals surface area (Å²) in [5.41, 5.74) is -0.706. The predicted molar refractivity (Wildman–Crippen MR) is 143 cm³/mol. The summed E-state index contributed by atoms with van der Waals surface area (Å²) in [5.74, 6) is -3.23. The number of carbonyl (C=O) groups is 6. The molecule has 4 atom stereocenters. The number of nitrogens with zero attached hydrogens (tertiary/aromatic N) is 1. The van der Waals surface area contributed by atoms with Gasteiger partial charge in [-0.05, 0) is 55.6 Å². The van der Waals surface area contributed by atoms with Crippen LogP contribution in [0.3, 0.4) is 0 Å². The van der Waals surface area contributed by atoms with Crippen molar-refractivity contribution in [3.63, 3.8) is 0 Å². The third-order valence-electron chi connectivity index (χ3n) is 7.81. The van der Waals surface area contributed by atoms with Crippen LogP contribution < -0.4 is 21.3 Å². The molecule has 2 unspecified atom stereocenters. The number of hydrogen-bond acceptors (Lipinski definition) is 7. The molecule has 3 fully saturated rings. The molecule has 0 bridgehead atoms. The number of likely N-dealkylation sites (tertiary alicyclic amines) is 1. The van der Waals surface area contributed by atoms with Crippen molar-refractivity contribution in [2.75, 3.05) is 13.1 Å². The molecule has 12 nitrogen and oxygen atoms in total. The molecule has 0 spiro atoms. The summed E-state index contributed by atoms with van der Waals surface area (Å²) in [7, 11) is 0. The van der Waals surface area contributed by atoms with Crippen LogP contribution in [0, 0.1) is 11.3 Å². The fourth-order valence-electron chi connectivity index (χ4n) is 5.54. The van der Waals surface area contributed by atoms with E-state index in [0.29, 0.717) is 6.42 Å². The van der Waals surface area contributed by atoms with E-state index < -0.39 is 53.5 Å². The Labute approximate surface area is 233 Å². The lowest BCUT2D eigenvalue weighted by Gasteiger charge is -2.39. The van der Waals surface area contributed by atoms with Crippen LogP contribution in [-0.4, -0.2) is 77.5 Å². The molecule has 5 amide bonds. The van der Waals surface area contributed by atoms with Gasteiger partial charge in [0.2, 0.25) is 23.5 Å². The smallest absolute Gasteiger partial charge is 0.289 e. The largest absolute Gasteiger partial charge is 0.459 e. The van der Waals surface area contributed by atoms with Crippen molar-refractivity contribution in [3.05, 3.63) is 24.2 Å². The van der Waals surface area contributed by atoms with Gasteiger partial charge in [0.25, 0.3) is 11.8 Å². The summed E-state index contributed by atoms with van der Waals surface area (Å²) in [4.78, 5) is 78.3. The number of nitrogens with one attached hydrogen (secondary N) is 4. The SMILES string of the molecule is CC(C)(C)[C@H](NC(=O)CNC(=O)c1ccco1)C(=O)N1C2CCCCC2C[C@H]1C(=O)NCC(=O)C(=O)NC1CC1. The molecule has 218 valence electrons. The van der Waals surface area contributed by atoms with Crippen molar-refractivity contribution in [1.82, 2.24) is 26.2 Å². The normalized spacial score (nSPS) is 23.0. The molecule has 4 N–H and O–H groups in total. The van der Waals surface area contributed by atoms with Crippen molar-refractivity contribution >= 4 is 35.3 Å². The summed E-state index contributed by atoms with van der Waals surface area (Å²) in [6.07, 6.45) is 7.04. The molecule has 4 rings (SSSR count). The summed E-state index contributed by atoms with van der Waals surface area (Å²) in [6, 6.07) is 1.11. The monoisotopic (exact) mass is 557 g/mol. The molecular formula is C28H39N5O7. The van der Waals surface area contributed by atoms with Crippen LogP contribution in [-0.2, 0) is 24.0 Å². The highest BCUT2D eigenvalue weighted by atomic mass is 16.3. The molecule has 0 radical (unpaired) electrons. The number of carbonyl (C=O) groups excluding carboxylic acids is 6. The summed E-state index contributed by atoms with van der Waals surface area (Å²) >= 11 is 0. The summed E-state index contributed by atoms with van der Waals surface area (Å²) < 4.78 is 5.03. The van der Waals surface area contributed by atoms with Crippen LogP contribution in [0.4, 0.5) is 0 Å². The van der Waals surface area contributed by atoms with Crippen molar-refractivity contribution in [3.8, 4) is 0 Å². The number of furan rings is 1. The lowest BCUT2D eigenvalue weighted by Crippen LogP contribution is -2.60. The Morgan fingerprint density at radius 3 is 2.38 bits per heavy atom.